The Balaban J connectivity index is 4.08. The summed E-state index contributed by atoms with van der Waals surface area (Å²) in [7, 11) is 0. The Labute approximate surface area is 418 Å². The number of hydrogen-bond acceptors (Lipinski definition) is 6. The van der Waals surface area contributed by atoms with Gasteiger partial charge in [-0.15, -0.1) is 0 Å². The van der Waals surface area contributed by atoms with Crippen molar-refractivity contribution in [2.75, 3.05) is 13.2 Å². The molecule has 0 amide bonds. The standard InChI is InChI=1S/C61H118O6/c1-4-7-10-13-16-18-20-22-24-26-28-30-31-33-34-36-38-40-42-45-48-51-54-60(63)66-57-58(56-65-59(62)53-50-47-44-15-12-9-6-3)67-61(64)55-52-49-46-43-41-39-37-35-32-29-27-25-23-21-19-17-14-11-8-5-2/h58H,4-57H2,1-3H3. The highest BCUT2D eigenvalue weighted by Gasteiger charge is 2.19. The molecule has 398 valence electrons. The van der Waals surface area contributed by atoms with Gasteiger partial charge in [0.2, 0.25) is 0 Å². The predicted molar refractivity (Wildman–Crippen MR) is 289 cm³/mol. The van der Waals surface area contributed by atoms with Crippen molar-refractivity contribution < 1.29 is 28.6 Å². The molecule has 0 aliphatic carbocycles. The summed E-state index contributed by atoms with van der Waals surface area (Å²) in [5, 5.41) is 0. The number of carbonyl (C=O) groups excluding carboxylic acids is 3. The normalized spacial score (nSPS) is 11.9. The van der Waals surface area contributed by atoms with Gasteiger partial charge in [0.05, 0.1) is 0 Å². The average Bonchev–Trinajstić information content (AvgIpc) is 3.33. The second-order valence-electron chi connectivity index (χ2n) is 21.0. The van der Waals surface area contributed by atoms with Gasteiger partial charge in [0.1, 0.15) is 13.2 Å². The lowest BCUT2D eigenvalue weighted by molar-refractivity contribution is -0.167. The Morgan fingerprint density at radius 3 is 0.597 bits per heavy atom. The molecule has 6 nitrogen and oxygen atoms in total. The fourth-order valence-electron chi connectivity index (χ4n) is 9.51. The minimum absolute atomic E-state index is 0.0617. The molecule has 0 rings (SSSR count). The molecule has 1 unspecified atom stereocenters. The summed E-state index contributed by atoms with van der Waals surface area (Å²) in [5.41, 5.74) is 0. The van der Waals surface area contributed by atoms with Gasteiger partial charge in [0.25, 0.3) is 0 Å². The zero-order valence-corrected chi connectivity index (χ0v) is 45.7. The van der Waals surface area contributed by atoms with Crippen molar-refractivity contribution in [3.05, 3.63) is 0 Å². The Hall–Kier alpha value is -1.59. The van der Waals surface area contributed by atoms with Gasteiger partial charge in [-0.3, -0.25) is 14.4 Å². The fraction of sp³-hybridized carbons (Fsp3) is 0.951. The Morgan fingerprint density at radius 1 is 0.239 bits per heavy atom. The summed E-state index contributed by atoms with van der Waals surface area (Å²) in [6, 6.07) is 0. The van der Waals surface area contributed by atoms with Crippen LogP contribution in [0.2, 0.25) is 0 Å². The molecule has 0 heterocycles. The highest BCUT2D eigenvalue weighted by molar-refractivity contribution is 5.71. The summed E-state index contributed by atoms with van der Waals surface area (Å²) < 4.78 is 16.8. The molecule has 0 N–H and O–H groups in total. The maximum absolute atomic E-state index is 12.8. The molecule has 0 saturated carbocycles. The highest BCUT2D eigenvalue weighted by atomic mass is 16.6. The Morgan fingerprint density at radius 2 is 0.403 bits per heavy atom. The van der Waals surface area contributed by atoms with E-state index in [1.165, 1.54) is 257 Å². The molecule has 0 fully saturated rings. The van der Waals surface area contributed by atoms with Crippen molar-refractivity contribution >= 4 is 17.9 Å². The molecule has 0 aliphatic heterocycles. The highest BCUT2D eigenvalue weighted by Crippen LogP contribution is 2.18. The number of esters is 3. The SMILES string of the molecule is CCCCCCCCCCCCCCCCCCCCCCCCC(=O)OCC(COC(=O)CCCCCCCCC)OC(=O)CCCCCCCCCCCCCCCCCCCCCC. The third-order valence-corrected chi connectivity index (χ3v) is 14.1. The van der Waals surface area contributed by atoms with Crippen LogP contribution < -0.4 is 0 Å². The molecule has 0 aromatic rings. The van der Waals surface area contributed by atoms with E-state index in [0.29, 0.717) is 19.3 Å². The largest absolute Gasteiger partial charge is 0.462 e. The molecular formula is C61H118O6. The first kappa shape index (κ1) is 65.4. The van der Waals surface area contributed by atoms with E-state index in [1.807, 2.05) is 0 Å². The van der Waals surface area contributed by atoms with Crippen LogP contribution in [0, 0.1) is 0 Å². The quantitative estimate of drug-likeness (QED) is 0.0343. The monoisotopic (exact) mass is 947 g/mol. The van der Waals surface area contributed by atoms with Crippen LogP contribution in [-0.2, 0) is 28.6 Å². The molecule has 0 aliphatic rings. The third-order valence-electron chi connectivity index (χ3n) is 14.1. The molecule has 0 spiro atoms. The van der Waals surface area contributed by atoms with Gasteiger partial charge in [-0.2, -0.15) is 0 Å². The maximum atomic E-state index is 12.8. The van der Waals surface area contributed by atoms with E-state index in [-0.39, 0.29) is 31.1 Å². The van der Waals surface area contributed by atoms with Crippen molar-refractivity contribution in [1.29, 1.82) is 0 Å². The van der Waals surface area contributed by atoms with Gasteiger partial charge in [-0.1, -0.05) is 316 Å². The van der Waals surface area contributed by atoms with E-state index < -0.39 is 6.10 Å². The first-order valence-corrected chi connectivity index (χ1v) is 30.5. The van der Waals surface area contributed by atoms with Crippen molar-refractivity contribution in [1.82, 2.24) is 0 Å². The zero-order valence-electron chi connectivity index (χ0n) is 45.7. The molecule has 67 heavy (non-hydrogen) atoms. The van der Waals surface area contributed by atoms with Gasteiger partial charge in [0.15, 0.2) is 6.10 Å². The Kier molecular flexibility index (Phi) is 55.6. The van der Waals surface area contributed by atoms with Crippen LogP contribution in [0.1, 0.15) is 355 Å². The minimum Gasteiger partial charge on any atom is -0.462 e. The smallest absolute Gasteiger partial charge is 0.306 e. The van der Waals surface area contributed by atoms with Crippen molar-refractivity contribution in [3.8, 4) is 0 Å². The van der Waals surface area contributed by atoms with Gasteiger partial charge >= 0.3 is 17.9 Å². The number of unbranched alkanes of at least 4 members (excludes halogenated alkanes) is 46. The van der Waals surface area contributed by atoms with E-state index in [1.54, 1.807) is 0 Å². The topological polar surface area (TPSA) is 78.9 Å². The van der Waals surface area contributed by atoms with Crippen molar-refractivity contribution in [2.24, 2.45) is 0 Å². The van der Waals surface area contributed by atoms with Crippen LogP contribution in [0.5, 0.6) is 0 Å². The molecule has 6 heteroatoms. The van der Waals surface area contributed by atoms with E-state index in [9.17, 15) is 14.4 Å². The summed E-state index contributed by atoms with van der Waals surface area (Å²) in [6.45, 7) is 6.67. The van der Waals surface area contributed by atoms with Crippen LogP contribution in [0.25, 0.3) is 0 Å². The number of carbonyl (C=O) groups is 3. The number of rotatable bonds is 57. The summed E-state index contributed by atoms with van der Waals surface area (Å²) >= 11 is 0. The number of hydrogen-bond donors (Lipinski definition) is 0. The molecule has 1 atom stereocenters. The third kappa shape index (κ3) is 55.2. The van der Waals surface area contributed by atoms with Gasteiger partial charge in [0, 0.05) is 19.3 Å². The molecule has 0 aromatic carbocycles. The van der Waals surface area contributed by atoms with Crippen LogP contribution >= 0.6 is 0 Å². The lowest BCUT2D eigenvalue weighted by atomic mass is 10.0. The lowest BCUT2D eigenvalue weighted by Crippen LogP contribution is -2.30. The fourth-order valence-corrected chi connectivity index (χ4v) is 9.51. The molecule has 0 aromatic heterocycles. The molecule has 0 radical (unpaired) electrons. The second-order valence-corrected chi connectivity index (χ2v) is 21.0. The van der Waals surface area contributed by atoms with E-state index in [4.69, 9.17) is 14.2 Å². The first-order chi connectivity index (χ1) is 33.0. The summed E-state index contributed by atoms with van der Waals surface area (Å²) in [4.78, 5) is 38.0. The average molecular weight is 948 g/mol. The molecule has 0 bridgehead atoms. The Bertz CT molecular complexity index is 998. The van der Waals surface area contributed by atoms with Gasteiger partial charge in [-0.25, -0.2) is 0 Å². The lowest BCUT2D eigenvalue weighted by Gasteiger charge is -2.18. The second kappa shape index (κ2) is 57.0. The number of ether oxygens (including phenoxy) is 3. The van der Waals surface area contributed by atoms with Crippen LogP contribution in [0.15, 0.2) is 0 Å². The van der Waals surface area contributed by atoms with E-state index in [0.717, 1.165) is 57.8 Å². The summed E-state index contributed by atoms with van der Waals surface area (Å²) in [5.74, 6) is -0.839. The summed E-state index contributed by atoms with van der Waals surface area (Å²) in [6.07, 6.45) is 64.2. The van der Waals surface area contributed by atoms with Crippen LogP contribution in [0.3, 0.4) is 0 Å². The first-order valence-electron chi connectivity index (χ1n) is 30.5. The minimum atomic E-state index is -0.760. The van der Waals surface area contributed by atoms with E-state index >= 15 is 0 Å². The molecule has 0 saturated heterocycles. The molecular weight excluding hydrogens is 829 g/mol. The van der Waals surface area contributed by atoms with Crippen LogP contribution in [0.4, 0.5) is 0 Å². The van der Waals surface area contributed by atoms with Gasteiger partial charge < -0.3 is 14.2 Å². The maximum Gasteiger partial charge on any atom is 0.306 e. The van der Waals surface area contributed by atoms with Crippen LogP contribution in [-0.4, -0.2) is 37.2 Å². The van der Waals surface area contributed by atoms with Crippen molar-refractivity contribution in [3.63, 3.8) is 0 Å². The van der Waals surface area contributed by atoms with Gasteiger partial charge in [-0.05, 0) is 19.3 Å². The van der Waals surface area contributed by atoms with E-state index in [2.05, 4.69) is 20.8 Å². The van der Waals surface area contributed by atoms with Crippen molar-refractivity contribution in [2.45, 2.75) is 361 Å². The predicted octanol–water partition coefficient (Wildman–Crippen LogP) is 20.3. The zero-order chi connectivity index (χ0) is 48.6.